The zero-order valence-corrected chi connectivity index (χ0v) is 13.4. The number of aliphatic carboxylic acids is 1. The lowest BCUT2D eigenvalue weighted by Crippen LogP contribution is -2.32. The van der Waals surface area contributed by atoms with Crippen LogP contribution in [-0.2, 0) is 21.1 Å². The fourth-order valence-corrected chi connectivity index (χ4v) is 2.66. The average molecular weight is 336 g/mol. The molecular weight excluding hydrogens is 318 g/mol. The predicted molar refractivity (Wildman–Crippen MR) is 80.4 cm³/mol. The Bertz CT molecular complexity index is 607. The first-order chi connectivity index (χ1) is 9.77. The highest BCUT2D eigenvalue weighted by Gasteiger charge is 2.21. The van der Waals surface area contributed by atoms with Gasteiger partial charge in [-0.1, -0.05) is 25.4 Å². The summed E-state index contributed by atoms with van der Waals surface area (Å²) in [6, 6.07) is 0.354. The van der Waals surface area contributed by atoms with Crippen molar-refractivity contribution in [2.45, 2.75) is 32.7 Å². The molecule has 0 saturated heterocycles. The molecule has 21 heavy (non-hydrogen) atoms. The topological polar surface area (TPSA) is 109 Å². The van der Waals surface area contributed by atoms with Gasteiger partial charge in [-0.05, 0) is 6.42 Å². The molecule has 1 unspecified atom stereocenters. The molecule has 0 fully saturated rings. The van der Waals surface area contributed by atoms with Crippen molar-refractivity contribution in [2.24, 2.45) is 0 Å². The first kappa shape index (κ1) is 17.6. The summed E-state index contributed by atoms with van der Waals surface area (Å²) >= 11 is 5.83. The first-order valence-electron chi connectivity index (χ1n) is 6.50. The second-order valence-electron chi connectivity index (χ2n) is 4.41. The molecule has 1 heterocycles. The molecule has 0 aliphatic carbocycles. The number of aryl methyl sites for hydroxylation is 1. The van der Waals surface area contributed by atoms with Crippen molar-refractivity contribution < 1.29 is 18.3 Å². The number of nitrogens with one attached hydrogen (secondary N) is 1. The van der Waals surface area contributed by atoms with Crippen LogP contribution < -0.4 is 5.32 Å². The van der Waals surface area contributed by atoms with E-state index in [0.29, 0.717) is 12.2 Å². The molecule has 0 radical (unpaired) electrons. The Morgan fingerprint density at radius 3 is 2.62 bits per heavy atom. The molecule has 0 aromatic carbocycles. The van der Waals surface area contributed by atoms with E-state index in [-0.39, 0.29) is 28.9 Å². The lowest BCUT2D eigenvalue weighted by atomic mass is 10.2. The van der Waals surface area contributed by atoms with E-state index >= 15 is 0 Å². The Hall–Kier alpha value is -1.41. The maximum absolute atomic E-state index is 11.5. The van der Waals surface area contributed by atoms with Crippen molar-refractivity contribution >= 4 is 33.2 Å². The molecule has 0 aliphatic rings. The fourth-order valence-electron chi connectivity index (χ4n) is 1.57. The predicted octanol–water partition coefficient (Wildman–Crippen LogP) is 1.38. The fraction of sp³-hybridized carbons (Fsp3) is 0.583. The summed E-state index contributed by atoms with van der Waals surface area (Å²) in [5, 5.41) is 12.1. The Morgan fingerprint density at radius 2 is 2.10 bits per heavy atom. The number of aromatic nitrogens is 2. The quantitative estimate of drug-likeness (QED) is 0.690. The van der Waals surface area contributed by atoms with Crippen LogP contribution in [0.2, 0.25) is 5.15 Å². The molecule has 7 nitrogen and oxygen atoms in total. The lowest BCUT2D eigenvalue weighted by molar-refractivity contribution is -0.137. The standard InChI is InChI=1S/C12H18ClN3O4S/c1-3-10-15-9(13)7-11(16-10)14-8(12(17)18)5-6-21(19,20)4-2/h7-8H,3-6H2,1-2H3,(H,17,18)(H,14,15,16). The van der Waals surface area contributed by atoms with E-state index in [1.54, 1.807) is 0 Å². The lowest BCUT2D eigenvalue weighted by Gasteiger charge is -2.15. The third-order valence-corrected chi connectivity index (χ3v) is 4.77. The van der Waals surface area contributed by atoms with E-state index in [2.05, 4.69) is 15.3 Å². The van der Waals surface area contributed by atoms with Crippen molar-refractivity contribution in [1.82, 2.24) is 9.97 Å². The third-order valence-electron chi connectivity index (χ3n) is 2.83. The molecule has 0 saturated carbocycles. The van der Waals surface area contributed by atoms with E-state index in [1.807, 2.05) is 6.92 Å². The van der Waals surface area contributed by atoms with Gasteiger partial charge in [0.1, 0.15) is 32.7 Å². The summed E-state index contributed by atoms with van der Waals surface area (Å²) in [6.45, 7) is 3.37. The normalized spacial score (nSPS) is 12.9. The highest BCUT2D eigenvalue weighted by molar-refractivity contribution is 7.91. The molecule has 1 aromatic rings. The van der Waals surface area contributed by atoms with Gasteiger partial charge in [0.25, 0.3) is 0 Å². The smallest absolute Gasteiger partial charge is 0.326 e. The van der Waals surface area contributed by atoms with Gasteiger partial charge in [0.05, 0.1) is 5.75 Å². The number of carbonyl (C=O) groups is 1. The number of carboxylic acid groups (broad SMARTS) is 1. The largest absolute Gasteiger partial charge is 0.480 e. The zero-order valence-electron chi connectivity index (χ0n) is 11.8. The van der Waals surface area contributed by atoms with Crippen LogP contribution >= 0.6 is 11.6 Å². The Morgan fingerprint density at radius 1 is 1.43 bits per heavy atom. The van der Waals surface area contributed by atoms with Gasteiger partial charge in [-0.3, -0.25) is 0 Å². The number of carboxylic acids is 1. The minimum Gasteiger partial charge on any atom is -0.480 e. The second-order valence-corrected chi connectivity index (χ2v) is 7.27. The Kier molecular flexibility index (Phi) is 6.35. The molecule has 2 N–H and O–H groups in total. The number of halogens is 1. The van der Waals surface area contributed by atoms with Gasteiger partial charge in [0, 0.05) is 18.2 Å². The van der Waals surface area contributed by atoms with Gasteiger partial charge in [0.2, 0.25) is 0 Å². The summed E-state index contributed by atoms with van der Waals surface area (Å²) in [4.78, 5) is 19.3. The summed E-state index contributed by atoms with van der Waals surface area (Å²) in [6.07, 6.45) is 0.506. The minimum atomic E-state index is -3.22. The van der Waals surface area contributed by atoms with Gasteiger partial charge in [-0.2, -0.15) is 0 Å². The second kappa shape index (κ2) is 7.56. The van der Waals surface area contributed by atoms with Crippen molar-refractivity contribution in [3.8, 4) is 0 Å². The monoisotopic (exact) mass is 335 g/mol. The van der Waals surface area contributed by atoms with Crippen LogP contribution in [0.4, 0.5) is 5.82 Å². The molecule has 0 spiro atoms. The van der Waals surface area contributed by atoms with Gasteiger partial charge in [-0.15, -0.1) is 0 Å². The van der Waals surface area contributed by atoms with Gasteiger partial charge in [-0.25, -0.2) is 23.2 Å². The molecule has 0 bridgehead atoms. The van der Waals surface area contributed by atoms with E-state index in [1.165, 1.54) is 13.0 Å². The first-order valence-corrected chi connectivity index (χ1v) is 8.70. The van der Waals surface area contributed by atoms with Gasteiger partial charge >= 0.3 is 5.97 Å². The number of nitrogens with zero attached hydrogens (tertiary/aromatic N) is 2. The molecule has 0 amide bonds. The van der Waals surface area contributed by atoms with E-state index < -0.39 is 21.8 Å². The molecule has 1 aromatic heterocycles. The number of anilines is 1. The van der Waals surface area contributed by atoms with Gasteiger partial charge in [0.15, 0.2) is 0 Å². The minimum absolute atomic E-state index is 0.0152. The van der Waals surface area contributed by atoms with Crippen molar-refractivity contribution in [2.75, 3.05) is 16.8 Å². The molecular formula is C12H18ClN3O4S. The summed E-state index contributed by atoms with van der Waals surface area (Å²) in [5.74, 6) is -0.608. The van der Waals surface area contributed by atoms with Crippen LogP contribution in [-0.4, -0.2) is 47.0 Å². The number of hydrogen-bond donors (Lipinski definition) is 2. The van der Waals surface area contributed by atoms with Crippen molar-refractivity contribution in [1.29, 1.82) is 0 Å². The van der Waals surface area contributed by atoms with Crippen LogP contribution in [0.25, 0.3) is 0 Å². The number of sulfone groups is 1. The maximum Gasteiger partial charge on any atom is 0.326 e. The van der Waals surface area contributed by atoms with Crippen molar-refractivity contribution in [3.63, 3.8) is 0 Å². The highest BCUT2D eigenvalue weighted by atomic mass is 35.5. The molecule has 0 aliphatic heterocycles. The summed E-state index contributed by atoms with van der Waals surface area (Å²) < 4.78 is 22.9. The Balaban J connectivity index is 2.84. The summed E-state index contributed by atoms with van der Waals surface area (Å²) in [7, 11) is -3.22. The van der Waals surface area contributed by atoms with E-state index in [0.717, 1.165) is 0 Å². The van der Waals surface area contributed by atoms with E-state index in [4.69, 9.17) is 16.7 Å². The SMILES string of the molecule is CCc1nc(Cl)cc(NC(CCS(=O)(=O)CC)C(=O)O)n1. The molecule has 1 atom stereocenters. The zero-order chi connectivity index (χ0) is 16.0. The molecule has 1 rings (SSSR count). The van der Waals surface area contributed by atoms with Gasteiger partial charge < -0.3 is 10.4 Å². The van der Waals surface area contributed by atoms with Crippen LogP contribution in [0, 0.1) is 0 Å². The summed E-state index contributed by atoms with van der Waals surface area (Å²) in [5.41, 5.74) is 0. The average Bonchev–Trinajstić information content (AvgIpc) is 2.42. The molecule has 118 valence electrons. The van der Waals surface area contributed by atoms with E-state index in [9.17, 15) is 13.2 Å². The third kappa shape index (κ3) is 5.84. The molecule has 9 heteroatoms. The maximum atomic E-state index is 11.5. The van der Waals surface area contributed by atoms with Crippen LogP contribution in [0.3, 0.4) is 0 Å². The van der Waals surface area contributed by atoms with Crippen LogP contribution in [0.5, 0.6) is 0 Å². The van der Waals surface area contributed by atoms with Crippen LogP contribution in [0.15, 0.2) is 6.07 Å². The number of hydrogen-bond acceptors (Lipinski definition) is 6. The Labute approximate surface area is 128 Å². The highest BCUT2D eigenvalue weighted by Crippen LogP contribution is 2.14. The van der Waals surface area contributed by atoms with Crippen molar-refractivity contribution in [3.05, 3.63) is 17.0 Å². The van der Waals surface area contributed by atoms with Crippen LogP contribution in [0.1, 0.15) is 26.1 Å². The number of rotatable bonds is 8.